The highest BCUT2D eigenvalue weighted by atomic mass is 16.5. The summed E-state index contributed by atoms with van der Waals surface area (Å²) in [6.07, 6.45) is 1.38. The number of hydrogen-bond acceptors (Lipinski definition) is 4. The van der Waals surface area contributed by atoms with Gasteiger partial charge in [-0.25, -0.2) is 0 Å². The second-order valence-electron chi connectivity index (χ2n) is 2.98. The van der Waals surface area contributed by atoms with Gasteiger partial charge in [0.25, 0.3) is 0 Å². The SMILES string of the molecule is CC.CN/C(=C/OC)C(C)=O.Nc1ccccc1. The Morgan fingerprint density at radius 2 is 1.78 bits per heavy atom. The van der Waals surface area contributed by atoms with Crippen LogP contribution in [0.4, 0.5) is 5.69 Å². The number of hydrogen-bond donors (Lipinski definition) is 2. The lowest BCUT2D eigenvalue weighted by atomic mass is 10.3. The number of rotatable bonds is 3. The Morgan fingerprint density at radius 1 is 1.28 bits per heavy atom. The van der Waals surface area contributed by atoms with Gasteiger partial charge in [0.05, 0.1) is 7.11 Å². The van der Waals surface area contributed by atoms with E-state index in [9.17, 15) is 4.79 Å². The molecular formula is C14H24N2O2. The van der Waals surface area contributed by atoms with E-state index in [0.717, 1.165) is 5.69 Å². The van der Waals surface area contributed by atoms with Gasteiger partial charge >= 0.3 is 0 Å². The molecule has 0 aliphatic heterocycles. The minimum Gasteiger partial charge on any atom is -0.502 e. The number of allylic oxidation sites excluding steroid dienone is 1. The number of likely N-dealkylation sites (N-methyl/N-ethyl adjacent to an activating group) is 1. The minimum absolute atomic E-state index is 0.0284. The lowest BCUT2D eigenvalue weighted by Crippen LogP contribution is -2.13. The third kappa shape index (κ3) is 10.5. The summed E-state index contributed by atoms with van der Waals surface area (Å²) < 4.78 is 4.61. The second-order valence-corrected chi connectivity index (χ2v) is 2.98. The van der Waals surface area contributed by atoms with Crippen LogP contribution in [0, 0.1) is 0 Å². The van der Waals surface area contributed by atoms with E-state index in [1.807, 2.05) is 44.2 Å². The average Bonchev–Trinajstić information content (AvgIpc) is 2.39. The van der Waals surface area contributed by atoms with Crippen LogP contribution >= 0.6 is 0 Å². The number of anilines is 1. The summed E-state index contributed by atoms with van der Waals surface area (Å²) in [4.78, 5) is 10.6. The molecule has 4 heteroatoms. The summed E-state index contributed by atoms with van der Waals surface area (Å²) in [5.74, 6) is -0.0284. The maximum absolute atomic E-state index is 10.6. The molecular weight excluding hydrogens is 228 g/mol. The summed E-state index contributed by atoms with van der Waals surface area (Å²) >= 11 is 0. The number of nitrogen functional groups attached to an aromatic ring is 1. The van der Waals surface area contributed by atoms with Gasteiger partial charge < -0.3 is 15.8 Å². The number of ether oxygens (including phenoxy) is 1. The van der Waals surface area contributed by atoms with Crippen molar-refractivity contribution in [1.82, 2.24) is 5.32 Å². The zero-order valence-corrected chi connectivity index (χ0v) is 11.9. The van der Waals surface area contributed by atoms with Gasteiger partial charge in [0.15, 0.2) is 5.78 Å². The number of Topliss-reactive ketones (excluding diaryl/α,β-unsaturated/α-hetero) is 1. The highest BCUT2D eigenvalue weighted by Gasteiger charge is 1.97. The van der Waals surface area contributed by atoms with E-state index in [1.165, 1.54) is 20.3 Å². The molecule has 0 bridgehead atoms. The molecule has 0 saturated heterocycles. The zero-order chi connectivity index (χ0) is 14.4. The van der Waals surface area contributed by atoms with Crippen molar-refractivity contribution in [3.8, 4) is 0 Å². The van der Waals surface area contributed by atoms with Crippen molar-refractivity contribution in [2.24, 2.45) is 0 Å². The number of carbonyl (C=O) groups excluding carboxylic acids is 1. The first-order valence-electron chi connectivity index (χ1n) is 5.84. The topological polar surface area (TPSA) is 64.3 Å². The van der Waals surface area contributed by atoms with Gasteiger partial charge in [0.1, 0.15) is 12.0 Å². The van der Waals surface area contributed by atoms with Crippen molar-refractivity contribution in [3.63, 3.8) is 0 Å². The Kier molecular flexibility index (Phi) is 13.4. The number of methoxy groups -OCH3 is 1. The lowest BCUT2D eigenvalue weighted by Gasteiger charge is -1.98. The van der Waals surface area contributed by atoms with Crippen molar-refractivity contribution in [2.75, 3.05) is 19.9 Å². The summed E-state index contributed by atoms with van der Waals surface area (Å²) in [6, 6.07) is 9.49. The van der Waals surface area contributed by atoms with Crippen LogP contribution in [0.25, 0.3) is 0 Å². The van der Waals surface area contributed by atoms with Crippen LogP contribution in [0.3, 0.4) is 0 Å². The second kappa shape index (κ2) is 13.1. The molecule has 0 amide bonds. The Balaban J connectivity index is 0. The monoisotopic (exact) mass is 252 g/mol. The molecule has 0 saturated carbocycles. The number of ketones is 1. The molecule has 0 unspecified atom stereocenters. The van der Waals surface area contributed by atoms with Gasteiger partial charge in [-0.2, -0.15) is 0 Å². The molecule has 4 nitrogen and oxygen atoms in total. The standard InChI is InChI=1S/C6H11NO2.C6H7N.C2H6/c1-5(8)6(7-2)4-9-3;7-6-4-2-1-3-5-6;1-2/h4,7H,1-3H3;1-5H,7H2;1-2H3/b6-4+;;. The van der Waals surface area contributed by atoms with E-state index in [0.29, 0.717) is 5.70 Å². The molecule has 0 fully saturated rings. The predicted octanol–water partition coefficient (Wildman–Crippen LogP) is 2.58. The molecule has 0 heterocycles. The highest BCUT2D eigenvalue weighted by Crippen LogP contribution is 1.95. The first kappa shape index (κ1) is 18.4. The van der Waals surface area contributed by atoms with Gasteiger partial charge in [0.2, 0.25) is 0 Å². The quantitative estimate of drug-likeness (QED) is 0.493. The molecule has 0 aromatic heterocycles. The van der Waals surface area contributed by atoms with E-state index >= 15 is 0 Å². The average molecular weight is 252 g/mol. The van der Waals surface area contributed by atoms with Gasteiger partial charge in [-0.1, -0.05) is 32.0 Å². The van der Waals surface area contributed by atoms with Crippen LogP contribution < -0.4 is 11.1 Å². The van der Waals surface area contributed by atoms with E-state index < -0.39 is 0 Å². The van der Waals surface area contributed by atoms with E-state index in [4.69, 9.17) is 5.73 Å². The number of benzene rings is 1. The molecule has 1 rings (SSSR count). The van der Waals surface area contributed by atoms with E-state index in [2.05, 4.69) is 10.1 Å². The zero-order valence-electron chi connectivity index (χ0n) is 11.9. The maximum atomic E-state index is 10.6. The Hall–Kier alpha value is -1.97. The summed E-state index contributed by atoms with van der Waals surface area (Å²) in [7, 11) is 3.17. The molecule has 0 atom stereocenters. The molecule has 102 valence electrons. The Labute approximate surface area is 110 Å². The fraction of sp³-hybridized carbons (Fsp3) is 0.357. The van der Waals surface area contributed by atoms with Crippen LogP contribution in [-0.2, 0) is 9.53 Å². The van der Waals surface area contributed by atoms with Gasteiger partial charge in [-0.15, -0.1) is 0 Å². The molecule has 1 aromatic carbocycles. The summed E-state index contributed by atoms with van der Waals surface area (Å²) in [6.45, 7) is 5.47. The van der Waals surface area contributed by atoms with Crippen LogP contribution in [0.2, 0.25) is 0 Å². The normalized spacial score (nSPS) is 9.06. The largest absolute Gasteiger partial charge is 0.502 e. The van der Waals surface area contributed by atoms with Gasteiger partial charge in [-0.3, -0.25) is 4.79 Å². The number of nitrogens with two attached hydrogens (primary N) is 1. The minimum atomic E-state index is -0.0284. The van der Waals surface area contributed by atoms with Gasteiger partial charge in [0, 0.05) is 19.7 Å². The van der Waals surface area contributed by atoms with Crippen LogP contribution in [0.15, 0.2) is 42.3 Å². The van der Waals surface area contributed by atoms with Crippen molar-refractivity contribution in [1.29, 1.82) is 0 Å². The summed E-state index contributed by atoms with van der Waals surface area (Å²) in [5.41, 5.74) is 6.66. The molecule has 3 N–H and O–H groups in total. The Bertz CT molecular complexity index is 335. The lowest BCUT2D eigenvalue weighted by molar-refractivity contribution is -0.114. The highest BCUT2D eigenvalue weighted by molar-refractivity contribution is 5.92. The molecule has 0 aliphatic rings. The molecule has 0 spiro atoms. The van der Waals surface area contributed by atoms with E-state index in [-0.39, 0.29) is 5.78 Å². The number of carbonyl (C=O) groups is 1. The fourth-order valence-corrected chi connectivity index (χ4v) is 0.889. The molecule has 0 aliphatic carbocycles. The van der Waals surface area contributed by atoms with Crippen LogP contribution in [0.1, 0.15) is 20.8 Å². The van der Waals surface area contributed by atoms with Crippen molar-refractivity contribution in [2.45, 2.75) is 20.8 Å². The maximum Gasteiger partial charge on any atom is 0.178 e. The Morgan fingerprint density at radius 3 is 1.94 bits per heavy atom. The number of nitrogens with one attached hydrogen (secondary N) is 1. The van der Waals surface area contributed by atoms with Crippen LogP contribution in [0.5, 0.6) is 0 Å². The summed E-state index contributed by atoms with van der Waals surface area (Å²) in [5, 5.41) is 2.69. The fourth-order valence-electron chi connectivity index (χ4n) is 0.889. The first-order valence-corrected chi connectivity index (χ1v) is 5.84. The third-order valence-electron chi connectivity index (χ3n) is 1.68. The third-order valence-corrected chi connectivity index (χ3v) is 1.68. The molecule has 18 heavy (non-hydrogen) atoms. The smallest absolute Gasteiger partial charge is 0.178 e. The van der Waals surface area contributed by atoms with Crippen molar-refractivity contribution < 1.29 is 9.53 Å². The van der Waals surface area contributed by atoms with E-state index in [1.54, 1.807) is 7.05 Å². The first-order chi connectivity index (χ1) is 8.61. The molecule has 0 radical (unpaired) electrons. The van der Waals surface area contributed by atoms with Crippen molar-refractivity contribution in [3.05, 3.63) is 42.3 Å². The predicted molar refractivity (Wildman–Crippen MR) is 77.0 cm³/mol. The van der Waals surface area contributed by atoms with Crippen LogP contribution in [-0.4, -0.2) is 19.9 Å². The van der Waals surface area contributed by atoms with Crippen molar-refractivity contribution >= 4 is 11.5 Å². The number of para-hydroxylation sites is 1. The van der Waals surface area contributed by atoms with Gasteiger partial charge in [-0.05, 0) is 12.1 Å². The molecule has 1 aromatic rings.